The van der Waals surface area contributed by atoms with Crippen LogP contribution in [0.2, 0.25) is 0 Å². The highest BCUT2D eigenvalue weighted by molar-refractivity contribution is 8.00. The second-order valence-electron chi connectivity index (χ2n) is 5.51. The van der Waals surface area contributed by atoms with E-state index >= 15 is 0 Å². The zero-order valence-corrected chi connectivity index (χ0v) is 11.5. The van der Waals surface area contributed by atoms with E-state index in [1.807, 2.05) is 4.90 Å². The number of nitrogens with zero attached hydrogens (tertiary/aromatic N) is 1. The van der Waals surface area contributed by atoms with Crippen molar-refractivity contribution in [3.63, 3.8) is 0 Å². The standard InChI is InChI=1S/C13H21NO3S/c15-11(8-18-9-12(16)17)14-7-6-13(10-14)4-2-1-3-5-13/h1-10H2,(H,16,17). The Morgan fingerprint density at radius 2 is 1.83 bits per heavy atom. The Balaban J connectivity index is 1.77. The van der Waals surface area contributed by atoms with E-state index in [9.17, 15) is 9.59 Å². The number of carboxylic acids is 1. The Labute approximate surface area is 112 Å². The van der Waals surface area contributed by atoms with Gasteiger partial charge in [0.25, 0.3) is 0 Å². The summed E-state index contributed by atoms with van der Waals surface area (Å²) >= 11 is 1.20. The van der Waals surface area contributed by atoms with E-state index in [2.05, 4.69) is 0 Å². The Kier molecular flexibility index (Phi) is 4.54. The largest absolute Gasteiger partial charge is 0.481 e. The van der Waals surface area contributed by atoms with Crippen molar-refractivity contribution in [1.82, 2.24) is 4.90 Å². The van der Waals surface area contributed by atoms with Crippen LogP contribution < -0.4 is 0 Å². The van der Waals surface area contributed by atoms with E-state index in [1.54, 1.807) is 0 Å². The molecule has 1 spiro atoms. The molecule has 0 bridgehead atoms. The highest BCUT2D eigenvalue weighted by Gasteiger charge is 2.40. The smallest absolute Gasteiger partial charge is 0.313 e. The van der Waals surface area contributed by atoms with Gasteiger partial charge in [0.2, 0.25) is 5.91 Å². The molecular formula is C13H21NO3S. The van der Waals surface area contributed by atoms with Crippen LogP contribution in [0.25, 0.3) is 0 Å². The molecule has 0 aromatic rings. The number of aliphatic carboxylic acids is 1. The molecule has 0 radical (unpaired) electrons. The third kappa shape index (κ3) is 3.40. The van der Waals surface area contributed by atoms with E-state index in [0.717, 1.165) is 19.5 Å². The molecule has 0 aromatic heterocycles. The molecule has 2 rings (SSSR count). The van der Waals surface area contributed by atoms with Gasteiger partial charge in [-0.15, -0.1) is 11.8 Å². The molecule has 0 atom stereocenters. The number of likely N-dealkylation sites (tertiary alicyclic amines) is 1. The van der Waals surface area contributed by atoms with Crippen molar-refractivity contribution in [3.05, 3.63) is 0 Å². The molecule has 1 saturated heterocycles. The average Bonchev–Trinajstić information content (AvgIpc) is 2.73. The Morgan fingerprint density at radius 3 is 2.50 bits per heavy atom. The van der Waals surface area contributed by atoms with E-state index in [-0.39, 0.29) is 11.7 Å². The number of rotatable bonds is 4. The summed E-state index contributed by atoms with van der Waals surface area (Å²) in [5.74, 6) is -0.408. The molecule has 1 saturated carbocycles. The predicted molar refractivity (Wildman–Crippen MR) is 71.7 cm³/mol. The second-order valence-corrected chi connectivity index (χ2v) is 6.50. The number of thioether (sulfide) groups is 1. The van der Waals surface area contributed by atoms with Crippen molar-refractivity contribution in [2.75, 3.05) is 24.6 Å². The molecule has 4 nitrogen and oxygen atoms in total. The van der Waals surface area contributed by atoms with Gasteiger partial charge in [-0.1, -0.05) is 19.3 Å². The maximum Gasteiger partial charge on any atom is 0.313 e. The number of carbonyl (C=O) groups is 2. The number of hydrogen-bond donors (Lipinski definition) is 1. The molecule has 2 fully saturated rings. The van der Waals surface area contributed by atoms with E-state index in [0.29, 0.717) is 11.2 Å². The minimum atomic E-state index is -0.849. The number of hydrogen-bond acceptors (Lipinski definition) is 3. The molecule has 102 valence electrons. The quantitative estimate of drug-likeness (QED) is 0.849. The third-order valence-corrected chi connectivity index (χ3v) is 5.06. The lowest BCUT2D eigenvalue weighted by Gasteiger charge is -2.33. The number of carbonyl (C=O) groups excluding carboxylic acids is 1. The SMILES string of the molecule is O=C(O)CSCC(=O)N1CCC2(CCCCC2)C1. The summed E-state index contributed by atoms with van der Waals surface area (Å²) in [6.07, 6.45) is 7.61. The molecular weight excluding hydrogens is 250 g/mol. The van der Waals surface area contributed by atoms with Gasteiger partial charge in [-0.05, 0) is 24.7 Å². The number of carboxylic acid groups (broad SMARTS) is 1. The summed E-state index contributed by atoms with van der Waals surface area (Å²) in [5, 5.41) is 8.54. The predicted octanol–water partition coefficient (Wildman–Crippen LogP) is 1.99. The fourth-order valence-electron chi connectivity index (χ4n) is 3.17. The molecule has 1 aliphatic carbocycles. The van der Waals surface area contributed by atoms with Gasteiger partial charge in [0.05, 0.1) is 11.5 Å². The van der Waals surface area contributed by atoms with E-state index in [4.69, 9.17) is 5.11 Å². The van der Waals surface area contributed by atoms with Gasteiger partial charge in [-0.25, -0.2) is 0 Å². The van der Waals surface area contributed by atoms with Crippen molar-refractivity contribution in [2.45, 2.75) is 38.5 Å². The lowest BCUT2D eigenvalue weighted by atomic mass is 9.73. The van der Waals surface area contributed by atoms with Gasteiger partial charge in [0, 0.05) is 13.1 Å². The first-order chi connectivity index (χ1) is 8.61. The van der Waals surface area contributed by atoms with Gasteiger partial charge in [-0.3, -0.25) is 9.59 Å². The summed E-state index contributed by atoms with van der Waals surface area (Å²) < 4.78 is 0. The van der Waals surface area contributed by atoms with Crippen molar-refractivity contribution in [2.24, 2.45) is 5.41 Å². The summed E-state index contributed by atoms with van der Waals surface area (Å²) in [7, 11) is 0. The first kappa shape index (κ1) is 13.7. The monoisotopic (exact) mass is 271 g/mol. The first-order valence-electron chi connectivity index (χ1n) is 6.69. The highest BCUT2D eigenvalue weighted by Crippen LogP contribution is 2.43. The maximum atomic E-state index is 12.0. The topological polar surface area (TPSA) is 57.6 Å². The first-order valence-corrected chi connectivity index (χ1v) is 7.84. The average molecular weight is 271 g/mol. The summed E-state index contributed by atoms with van der Waals surface area (Å²) in [5.41, 5.74) is 0.394. The molecule has 0 aromatic carbocycles. The van der Waals surface area contributed by atoms with Crippen LogP contribution in [-0.4, -0.2) is 46.5 Å². The minimum absolute atomic E-state index is 0.0186. The van der Waals surface area contributed by atoms with Crippen LogP contribution in [0.3, 0.4) is 0 Å². The van der Waals surface area contributed by atoms with Crippen LogP contribution in [0.1, 0.15) is 38.5 Å². The van der Waals surface area contributed by atoms with Crippen molar-refractivity contribution in [1.29, 1.82) is 0 Å². The zero-order chi connectivity index (χ0) is 13.0. The normalized spacial score (nSPS) is 22.3. The van der Waals surface area contributed by atoms with Gasteiger partial charge in [0.15, 0.2) is 0 Å². The lowest BCUT2D eigenvalue weighted by molar-refractivity contribution is -0.133. The van der Waals surface area contributed by atoms with Crippen LogP contribution in [-0.2, 0) is 9.59 Å². The Bertz CT molecular complexity index is 326. The third-order valence-electron chi connectivity index (χ3n) is 4.16. The fourth-order valence-corrected chi connectivity index (χ4v) is 3.81. The minimum Gasteiger partial charge on any atom is -0.481 e. The molecule has 1 amide bonds. The molecule has 2 aliphatic rings. The Hall–Kier alpha value is -0.710. The van der Waals surface area contributed by atoms with Gasteiger partial charge in [0.1, 0.15) is 0 Å². The highest BCUT2D eigenvalue weighted by atomic mass is 32.2. The summed E-state index contributed by atoms with van der Waals surface area (Å²) in [4.78, 5) is 24.3. The number of amides is 1. The molecule has 5 heteroatoms. The van der Waals surface area contributed by atoms with Crippen LogP contribution in [0.5, 0.6) is 0 Å². The summed E-state index contributed by atoms with van der Waals surface area (Å²) in [6.45, 7) is 1.77. The van der Waals surface area contributed by atoms with E-state index < -0.39 is 5.97 Å². The molecule has 1 heterocycles. The van der Waals surface area contributed by atoms with Crippen LogP contribution in [0, 0.1) is 5.41 Å². The zero-order valence-electron chi connectivity index (χ0n) is 10.7. The second kappa shape index (κ2) is 5.95. The van der Waals surface area contributed by atoms with Crippen molar-refractivity contribution >= 4 is 23.6 Å². The van der Waals surface area contributed by atoms with Gasteiger partial charge >= 0.3 is 5.97 Å². The molecule has 1 N–H and O–H groups in total. The molecule has 1 aliphatic heterocycles. The van der Waals surface area contributed by atoms with Gasteiger partial charge < -0.3 is 10.0 Å². The molecule has 0 unspecified atom stereocenters. The van der Waals surface area contributed by atoms with Crippen LogP contribution in [0.4, 0.5) is 0 Å². The Morgan fingerprint density at radius 1 is 1.11 bits per heavy atom. The fraction of sp³-hybridized carbons (Fsp3) is 0.846. The maximum absolute atomic E-state index is 12.0. The molecule has 18 heavy (non-hydrogen) atoms. The lowest BCUT2D eigenvalue weighted by Crippen LogP contribution is -2.34. The summed E-state index contributed by atoms with van der Waals surface area (Å²) in [6, 6.07) is 0. The van der Waals surface area contributed by atoms with Crippen LogP contribution >= 0.6 is 11.8 Å². The van der Waals surface area contributed by atoms with Crippen LogP contribution in [0.15, 0.2) is 0 Å². The van der Waals surface area contributed by atoms with Gasteiger partial charge in [-0.2, -0.15) is 0 Å². The van der Waals surface area contributed by atoms with E-state index in [1.165, 1.54) is 43.9 Å². The van der Waals surface area contributed by atoms with Crippen molar-refractivity contribution in [3.8, 4) is 0 Å². The van der Waals surface area contributed by atoms with Crippen molar-refractivity contribution < 1.29 is 14.7 Å².